The molecule has 3 N–H and O–H groups in total. The number of hydrogen-bond donors (Lipinski definition) is 3. The van der Waals surface area contributed by atoms with Crippen LogP contribution in [-0.4, -0.2) is 42.5 Å². The molecule has 2 aromatic carbocycles. The summed E-state index contributed by atoms with van der Waals surface area (Å²) >= 11 is 6.19. The minimum Gasteiger partial charge on any atom is -0.350 e. The van der Waals surface area contributed by atoms with E-state index in [2.05, 4.69) is 26.9 Å². The van der Waals surface area contributed by atoms with Crippen LogP contribution in [0.15, 0.2) is 48.5 Å². The molecule has 160 valence electrons. The highest BCUT2D eigenvalue weighted by Crippen LogP contribution is 2.26. The molecule has 1 unspecified atom stereocenters. The first kappa shape index (κ1) is 22.1. The fourth-order valence-electron chi connectivity index (χ4n) is 3.65. The summed E-state index contributed by atoms with van der Waals surface area (Å²) in [6, 6.07) is 14.6. The number of amides is 3. The van der Waals surface area contributed by atoms with Gasteiger partial charge in [0, 0.05) is 28.9 Å². The van der Waals surface area contributed by atoms with Crippen molar-refractivity contribution in [1.82, 2.24) is 15.5 Å². The molecule has 0 saturated carbocycles. The van der Waals surface area contributed by atoms with E-state index >= 15 is 0 Å². The summed E-state index contributed by atoms with van der Waals surface area (Å²) in [6.07, 6.45) is 2.34. The van der Waals surface area contributed by atoms with Crippen LogP contribution in [0.3, 0.4) is 0 Å². The van der Waals surface area contributed by atoms with E-state index in [0.717, 1.165) is 18.7 Å². The van der Waals surface area contributed by atoms with Crippen LogP contribution >= 0.6 is 11.6 Å². The summed E-state index contributed by atoms with van der Waals surface area (Å²) in [7, 11) is 0. The molecule has 1 aliphatic heterocycles. The topological polar surface area (TPSA) is 73.5 Å². The van der Waals surface area contributed by atoms with Crippen molar-refractivity contribution in [1.29, 1.82) is 0 Å². The average molecular weight is 429 g/mol. The van der Waals surface area contributed by atoms with Crippen molar-refractivity contribution in [2.75, 3.05) is 25.0 Å². The predicted octanol–water partition coefficient (Wildman–Crippen LogP) is 4.44. The third kappa shape index (κ3) is 6.21. The van der Waals surface area contributed by atoms with Crippen LogP contribution in [0.4, 0.5) is 10.5 Å². The van der Waals surface area contributed by atoms with Crippen LogP contribution in [0.5, 0.6) is 0 Å². The Hall–Kier alpha value is -2.57. The lowest BCUT2D eigenvalue weighted by atomic mass is 10.1. The van der Waals surface area contributed by atoms with Gasteiger partial charge in [-0.3, -0.25) is 9.69 Å². The van der Waals surface area contributed by atoms with E-state index in [1.54, 1.807) is 24.3 Å². The van der Waals surface area contributed by atoms with Crippen LogP contribution in [0.2, 0.25) is 5.02 Å². The van der Waals surface area contributed by atoms with Crippen molar-refractivity contribution in [3.63, 3.8) is 0 Å². The molecule has 0 aliphatic carbocycles. The molecule has 3 rings (SSSR count). The average Bonchev–Trinajstić information content (AvgIpc) is 3.22. The standard InChI is InChI=1S/C23H29ClN4O2/c1-16(2)26-23(30)27-20-10-8-17(9-11-20)22(29)25-15-21(28-12-3-4-13-28)18-6-5-7-19(24)14-18/h5-11,14,16,21H,3-4,12-13,15H2,1-2H3,(H,25,29)(H2,26,27,30). The number of urea groups is 1. The largest absolute Gasteiger partial charge is 0.350 e. The Bertz CT molecular complexity index is 864. The molecular formula is C23H29ClN4O2. The highest BCUT2D eigenvalue weighted by Gasteiger charge is 2.24. The van der Waals surface area contributed by atoms with Gasteiger partial charge in [0.1, 0.15) is 0 Å². The smallest absolute Gasteiger partial charge is 0.319 e. The van der Waals surface area contributed by atoms with E-state index in [-0.39, 0.29) is 24.0 Å². The minimum atomic E-state index is -0.267. The maximum atomic E-state index is 12.7. The molecule has 2 aromatic rings. The van der Waals surface area contributed by atoms with Crippen molar-refractivity contribution in [2.24, 2.45) is 0 Å². The minimum absolute atomic E-state index is 0.0538. The molecule has 1 saturated heterocycles. The Morgan fingerprint density at radius 2 is 1.77 bits per heavy atom. The lowest BCUT2D eigenvalue weighted by Gasteiger charge is -2.28. The number of hydrogen-bond acceptors (Lipinski definition) is 3. The number of nitrogens with one attached hydrogen (secondary N) is 3. The molecule has 1 atom stereocenters. The highest BCUT2D eigenvalue weighted by atomic mass is 35.5. The van der Waals surface area contributed by atoms with E-state index in [0.29, 0.717) is 22.8 Å². The lowest BCUT2D eigenvalue weighted by Crippen LogP contribution is -2.36. The van der Waals surface area contributed by atoms with Crippen LogP contribution < -0.4 is 16.0 Å². The van der Waals surface area contributed by atoms with Crippen molar-refractivity contribution < 1.29 is 9.59 Å². The molecule has 1 fully saturated rings. The van der Waals surface area contributed by atoms with Crippen molar-refractivity contribution in [2.45, 2.75) is 38.8 Å². The Balaban J connectivity index is 1.61. The number of rotatable bonds is 7. The van der Waals surface area contributed by atoms with Gasteiger partial charge in [-0.05, 0) is 81.7 Å². The molecule has 0 aromatic heterocycles. The van der Waals surface area contributed by atoms with E-state index in [1.807, 2.05) is 32.0 Å². The molecule has 7 heteroatoms. The van der Waals surface area contributed by atoms with Gasteiger partial charge in [0.25, 0.3) is 5.91 Å². The summed E-state index contributed by atoms with van der Waals surface area (Å²) < 4.78 is 0. The Morgan fingerprint density at radius 1 is 1.07 bits per heavy atom. The number of anilines is 1. The van der Waals surface area contributed by atoms with E-state index in [1.165, 1.54) is 12.8 Å². The number of carbonyl (C=O) groups is 2. The first-order valence-corrected chi connectivity index (χ1v) is 10.8. The normalized spacial score (nSPS) is 15.1. The van der Waals surface area contributed by atoms with Crippen molar-refractivity contribution in [3.05, 3.63) is 64.7 Å². The van der Waals surface area contributed by atoms with E-state index in [9.17, 15) is 9.59 Å². The SMILES string of the molecule is CC(C)NC(=O)Nc1ccc(C(=O)NCC(c2cccc(Cl)c2)N2CCCC2)cc1. The van der Waals surface area contributed by atoms with E-state index < -0.39 is 0 Å². The van der Waals surface area contributed by atoms with Gasteiger partial charge < -0.3 is 16.0 Å². The molecule has 1 aliphatic rings. The molecule has 0 radical (unpaired) electrons. The van der Waals surface area contributed by atoms with Gasteiger partial charge in [-0.1, -0.05) is 23.7 Å². The van der Waals surface area contributed by atoms with E-state index in [4.69, 9.17) is 11.6 Å². The summed E-state index contributed by atoms with van der Waals surface area (Å²) in [5.74, 6) is -0.139. The number of benzene rings is 2. The fraction of sp³-hybridized carbons (Fsp3) is 0.391. The lowest BCUT2D eigenvalue weighted by molar-refractivity contribution is 0.0938. The zero-order valence-corrected chi connectivity index (χ0v) is 18.2. The zero-order chi connectivity index (χ0) is 21.5. The van der Waals surface area contributed by atoms with Gasteiger partial charge in [0.15, 0.2) is 0 Å². The first-order valence-electron chi connectivity index (χ1n) is 10.4. The van der Waals surface area contributed by atoms with Gasteiger partial charge in [-0.15, -0.1) is 0 Å². The number of carbonyl (C=O) groups excluding carboxylic acids is 2. The van der Waals surface area contributed by atoms with Crippen LogP contribution in [0, 0.1) is 0 Å². The summed E-state index contributed by atoms with van der Waals surface area (Å²) in [5.41, 5.74) is 2.30. The third-order valence-electron chi connectivity index (χ3n) is 5.10. The van der Waals surface area contributed by atoms with Crippen molar-refractivity contribution >= 4 is 29.2 Å². The van der Waals surface area contributed by atoms with Gasteiger partial charge in [-0.2, -0.15) is 0 Å². The Morgan fingerprint density at radius 3 is 2.40 bits per heavy atom. The zero-order valence-electron chi connectivity index (χ0n) is 17.5. The first-order chi connectivity index (χ1) is 14.4. The monoisotopic (exact) mass is 428 g/mol. The highest BCUT2D eigenvalue weighted by molar-refractivity contribution is 6.30. The maximum absolute atomic E-state index is 12.7. The van der Waals surface area contributed by atoms with Gasteiger partial charge in [0.2, 0.25) is 0 Å². The molecule has 0 bridgehead atoms. The summed E-state index contributed by atoms with van der Waals surface area (Å²) in [5, 5.41) is 9.28. The second-order valence-corrected chi connectivity index (χ2v) is 8.29. The Kier molecular flexibility index (Phi) is 7.71. The second-order valence-electron chi connectivity index (χ2n) is 7.85. The van der Waals surface area contributed by atoms with Crippen LogP contribution in [-0.2, 0) is 0 Å². The maximum Gasteiger partial charge on any atom is 0.319 e. The molecule has 1 heterocycles. The number of nitrogens with zero attached hydrogens (tertiary/aromatic N) is 1. The number of likely N-dealkylation sites (tertiary alicyclic amines) is 1. The summed E-state index contributed by atoms with van der Waals surface area (Å²) in [6.45, 7) is 6.34. The second kappa shape index (κ2) is 10.5. The molecule has 30 heavy (non-hydrogen) atoms. The summed E-state index contributed by atoms with van der Waals surface area (Å²) in [4.78, 5) is 26.9. The number of halogens is 1. The molecule has 3 amide bonds. The van der Waals surface area contributed by atoms with Crippen molar-refractivity contribution in [3.8, 4) is 0 Å². The Labute approximate surface area is 183 Å². The third-order valence-corrected chi connectivity index (χ3v) is 5.33. The van der Waals surface area contributed by atoms with Gasteiger partial charge in [0.05, 0.1) is 6.04 Å². The van der Waals surface area contributed by atoms with Gasteiger partial charge >= 0.3 is 6.03 Å². The van der Waals surface area contributed by atoms with Crippen LogP contribution in [0.1, 0.15) is 48.7 Å². The molecular weight excluding hydrogens is 400 g/mol. The predicted molar refractivity (Wildman–Crippen MR) is 121 cm³/mol. The fourth-order valence-corrected chi connectivity index (χ4v) is 3.85. The molecule has 6 nitrogen and oxygen atoms in total. The van der Waals surface area contributed by atoms with Gasteiger partial charge in [-0.25, -0.2) is 4.79 Å². The van der Waals surface area contributed by atoms with Crippen LogP contribution in [0.25, 0.3) is 0 Å². The quantitative estimate of drug-likeness (QED) is 0.610. The molecule has 0 spiro atoms.